The first-order valence-electron chi connectivity index (χ1n) is 11.5. The number of aliphatic imine (C=N–C) groups is 1. The van der Waals surface area contributed by atoms with Crippen LogP contribution in [0.3, 0.4) is 0 Å². The highest BCUT2D eigenvalue weighted by atomic mass is 15.2. The van der Waals surface area contributed by atoms with Gasteiger partial charge in [0, 0.05) is 48.9 Å². The summed E-state index contributed by atoms with van der Waals surface area (Å²) in [5.41, 5.74) is 10.7. The summed E-state index contributed by atoms with van der Waals surface area (Å²) in [6.45, 7) is 14.2. The molecule has 0 bridgehead atoms. The molecule has 0 aliphatic carbocycles. The van der Waals surface area contributed by atoms with E-state index in [0.29, 0.717) is 6.04 Å². The molecule has 4 heteroatoms. The molecular formula is C27H32N4. The van der Waals surface area contributed by atoms with E-state index in [1.807, 2.05) is 12.3 Å². The molecule has 2 saturated heterocycles. The van der Waals surface area contributed by atoms with Gasteiger partial charge in [-0.25, -0.2) is 0 Å². The van der Waals surface area contributed by atoms with E-state index < -0.39 is 0 Å². The van der Waals surface area contributed by atoms with Gasteiger partial charge in [-0.2, -0.15) is 0 Å². The molecule has 2 aromatic rings. The zero-order valence-electron chi connectivity index (χ0n) is 18.9. The number of nitrogens with zero attached hydrogens (tertiary/aromatic N) is 3. The first-order chi connectivity index (χ1) is 15.0. The van der Waals surface area contributed by atoms with Gasteiger partial charge in [0.25, 0.3) is 0 Å². The lowest BCUT2D eigenvalue weighted by atomic mass is 9.91. The van der Waals surface area contributed by atoms with Crippen molar-refractivity contribution in [2.45, 2.75) is 46.1 Å². The number of allylic oxidation sites excluding steroid dienone is 1. The SMILES string of the molecule is C=C(c1cc(C)c2c(c1)N=C(/C(C)=C/c1cccnc1C)C2)N1CCC2CCNC2C1. The molecule has 4 heterocycles. The van der Waals surface area contributed by atoms with Crippen molar-refractivity contribution >= 4 is 23.2 Å². The van der Waals surface area contributed by atoms with Gasteiger partial charge in [0.05, 0.1) is 5.69 Å². The third kappa shape index (κ3) is 3.85. The van der Waals surface area contributed by atoms with Crippen LogP contribution in [0.15, 0.2) is 47.6 Å². The molecule has 0 spiro atoms. The van der Waals surface area contributed by atoms with Crippen LogP contribution in [0.1, 0.15) is 47.7 Å². The molecule has 1 N–H and O–H groups in total. The van der Waals surface area contributed by atoms with Gasteiger partial charge in [-0.3, -0.25) is 9.98 Å². The second-order valence-electron chi connectivity index (χ2n) is 9.32. The summed E-state index contributed by atoms with van der Waals surface area (Å²) in [4.78, 5) is 11.9. The van der Waals surface area contributed by atoms with Crippen LogP contribution < -0.4 is 5.32 Å². The topological polar surface area (TPSA) is 40.5 Å². The number of fused-ring (bicyclic) bond motifs is 2. The summed E-state index contributed by atoms with van der Waals surface area (Å²) in [5, 5.41) is 3.67. The highest BCUT2D eigenvalue weighted by Crippen LogP contribution is 2.36. The lowest BCUT2D eigenvalue weighted by Crippen LogP contribution is -2.45. The largest absolute Gasteiger partial charge is 0.370 e. The van der Waals surface area contributed by atoms with E-state index in [1.165, 1.54) is 35.1 Å². The van der Waals surface area contributed by atoms with Gasteiger partial charge in [0.2, 0.25) is 0 Å². The third-order valence-corrected chi connectivity index (χ3v) is 7.32. The molecule has 0 amide bonds. The molecule has 0 radical (unpaired) electrons. The van der Waals surface area contributed by atoms with Crippen molar-refractivity contribution < 1.29 is 0 Å². The van der Waals surface area contributed by atoms with E-state index in [0.717, 1.165) is 60.3 Å². The lowest BCUT2D eigenvalue weighted by molar-refractivity contribution is 0.231. The molecule has 2 unspecified atom stereocenters. The summed E-state index contributed by atoms with van der Waals surface area (Å²) < 4.78 is 0. The Morgan fingerprint density at radius 3 is 2.97 bits per heavy atom. The number of benzene rings is 1. The molecule has 3 aliphatic rings. The Labute approximate surface area is 185 Å². The van der Waals surface area contributed by atoms with E-state index in [2.05, 4.69) is 66.8 Å². The van der Waals surface area contributed by atoms with Crippen molar-refractivity contribution in [3.05, 3.63) is 70.6 Å². The molecule has 1 aromatic carbocycles. The van der Waals surface area contributed by atoms with Gasteiger partial charge in [0.1, 0.15) is 0 Å². The van der Waals surface area contributed by atoms with Crippen LogP contribution >= 0.6 is 0 Å². The first-order valence-corrected chi connectivity index (χ1v) is 11.5. The van der Waals surface area contributed by atoms with Crippen molar-refractivity contribution in [3.8, 4) is 0 Å². The van der Waals surface area contributed by atoms with Gasteiger partial charge in [-0.1, -0.05) is 12.6 Å². The Hall–Kier alpha value is -2.72. The summed E-state index contributed by atoms with van der Waals surface area (Å²) >= 11 is 0. The Bertz CT molecular complexity index is 1090. The van der Waals surface area contributed by atoms with Crippen molar-refractivity contribution in [3.63, 3.8) is 0 Å². The maximum Gasteiger partial charge on any atom is 0.0678 e. The first kappa shape index (κ1) is 20.2. The summed E-state index contributed by atoms with van der Waals surface area (Å²) in [6, 6.07) is 9.27. The van der Waals surface area contributed by atoms with Crippen molar-refractivity contribution in [2.24, 2.45) is 10.9 Å². The van der Waals surface area contributed by atoms with Crippen LogP contribution in [0.5, 0.6) is 0 Å². The van der Waals surface area contributed by atoms with Crippen molar-refractivity contribution in [1.82, 2.24) is 15.2 Å². The molecule has 5 rings (SSSR count). The van der Waals surface area contributed by atoms with Gasteiger partial charge in [-0.15, -0.1) is 0 Å². The predicted octanol–water partition coefficient (Wildman–Crippen LogP) is 5.09. The summed E-state index contributed by atoms with van der Waals surface area (Å²) in [5.74, 6) is 0.844. The Balaban J connectivity index is 1.38. The molecule has 31 heavy (non-hydrogen) atoms. The number of rotatable bonds is 4. The minimum atomic E-state index is 0.620. The normalized spacial score (nSPS) is 22.9. The molecule has 0 saturated carbocycles. The van der Waals surface area contributed by atoms with E-state index in [1.54, 1.807) is 0 Å². The van der Waals surface area contributed by atoms with Gasteiger partial charge in [-0.05, 0) is 98.2 Å². The molecule has 2 fully saturated rings. The van der Waals surface area contributed by atoms with Crippen LogP contribution in [0.2, 0.25) is 0 Å². The number of piperidine rings is 1. The fourth-order valence-corrected chi connectivity index (χ4v) is 5.30. The van der Waals surface area contributed by atoms with Crippen LogP contribution in [0.4, 0.5) is 5.69 Å². The van der Waals surface area contributed by atoms with Crippen LogP contribution in [-0.2, 0) is 6.42 Å². The summed E-state index contributed by atoms with van der Waals surface area (Å²) in [6.07, 6.45) is 7.54. The number of pyridine rings is 1. The third-order valence-electron chi connectivity index (χ3n) is 7.32. The Morgan fingerprint density at radius 1 is 1.26 bits per heavy atom. The number of aromatic nitrogens is 1. The van der Waals surface area contributed by atoms with Gasteiger partial charge < -0.3 is 10.2 Å². The minimum absolute atomic E-state index is 0.620. The van der Waals surface area contributed by atoms with E-state index in [4.69, 9.17) is 4.99 Å². The maximum atomic E-state index is 5.04. The second kappa shape index (κ2) is 8.08. The smallest absolute Gasteiger partial charge is 0.0678 e. The van der Waals surface area contributed by atoms with E-state index >= 15 is 0 Å². The molecule has 4 nitrogen and oxygen atoms in total. The fourth-order valence-electron chi connectivity index (χ4n) is 5.30. The number of aryl methyl sites for hydroxylation is 2. The number of hydrogen-bond acceptors (Lipinski definition) is 4. The number of nitrogens with one attached hydrogen (secondary N) is 1. The minimum Gasteiger partial charge on any atom is -0.370 e. The predicted molar refractivity (Wildman–Crippen MR) is 130 cm³/mol. The lowest BCUT2D eigenvalue weighted by Gasteiger charge is -2.37. The fraction of sp³-hybridized carbons (Fsp3) is 0.407. The van der Waals surface area contributed by atoms with Crippen LogP contribution in [-0.4, -0.2) is 41.3 Å². The highest BCUT2D eigenvalue weighted by Gasteiger charge is 2.33. The van der Waals surface area contributed by atoms with Crippen LogP contribution in [0, 0.1) is 19.8 Å². The maximum absolute atomic E-state index is 5.04. The van der Waals surface area contributed by atoms with Gasteiger partial charge in [0.15, 0.2) is 0 Å². The summed E-state index contributed by atoms with van der Waals surface area (Å²) in [7, 11) is 0. The van der Waals surface area contributed by atoms with E-state index in [-0.39, 0.29) is 0 Å². The van der Waals surface area contributed by atoms with E-state index in [9.17, 15) is 0 Å². The zero-order valence-corrected chi connectivity index (χ0v) is 18.9. The quantitative estimate of drug-likeness (QED) is 0.761. The Morgan fingerprint density at radius 2 is 2.13 bits per heavy atom. The molecule has 2 atom stereocenters. The monoisotopic (exact) mass is 412 g/mol. The second-order valence-corrected chi connectivity index (χ2v) is 9.32. The number of likely N-dealkylation sites (tertiary alicyclic amines) is 1. The molecular weight excluding hydrogens is 380 g/mol. The van der Waals surface area contributed by atoms with Crippen molar-refractivity contribution in [2.75, 3.05) is 19.6 Å². The highest BCUT2D eigenvalue weighted by molar-refractivity contribution is 6.09. The van der Waals surface area contributed by atoms with Crippen molar-refractivity contribution in [1.29, 1.82) is 0 Å². The Kier molecular flexibility index (Phi) is 5.27. The van der Waals surface area contributed by atoms with Gasteiger partial charge >= 0.3 is 0 Å². The molecule has 160 valence electrons. The molecule has 3 aliphatic heterocycles. The average molecular weight is 413 g/mol. The zero-order chi connectivity index (χ0) is 21.5. The average Bonchev–Trinajstić information content (AvgIpc) is 3.41. The molecule has 1 aromatic heterocycles. The number of hydrogen-bond donors (Lipinski definition) is 1. The van der Waals surface area contributed by atoms with Crippen LogP contribution in [0.25, 0.3) is 11.8 Å². The standard InChI is InChI=1S/C27H32N4/c1-17-12-23(20(4)31-11-8-21-7-10-29-27(21)16-31)14-26-24(17)15-25(30-26)18(2)13-22-6-5-9-28-19(22)3/h5-6,9,12-14,21,27,29H,4,7-8,10-11,15-16H2,1-3H3/b18-13+.